The molecule has 0 atom stereocenters. The van der Waals surface area contributed by atoms with E-state index in [0.717, 1.165) is 23.2 Å². The summed E-state index contributed by atoms with van der Waals surface area (Å²) in [5.41, 5.74) is 1.77. The van der Waals surface area contributed by atoms with E-state index >= 15 is 0 Å². The van der Waals surface area contributed by atoms with Crippen LogP contribution in [0.1, 0.15) is 5.56 Å². The lowest BCUT2D eigenvalue weighted by molar-refractivity contribution is 0.431. The molecule has 0 saturated carbocycles. The first-order chi connectivity index (χ1) is 12.3. The van der Waals surface area contributed by atoms with Crippen LogP contribution in [0.4, 0.5) is 4.39 Å². The molecular weight excluding hydrogens is 356 g/mol. The molecular formula is C18H17BFNO4S. The quantitative estimate of drug-likeness (QED) is 0.788. The van der Waals surface area contributed by atoms with E-state index in [1.54, 1.807) is 0 Å². The third kappa shape index (κ3) is 4.15. The van der Waals surface area contributed by atoms with Gasteiger partial charge in [-0.1, -0.05) is 37.4 Å². The molecule has 26 heavy (non-hydrogen) atoms. The highest BCUT2D eigenvalue weighted by molar-refractivity contribution is 7.89. The number of nitrogens with one attached hydrogen (secondary N) is 1. The van der Waals surface area contributed by atoms with Gasteiger partial charge >= 0.3 is 7.12 Å². The summed E-state index contributed by atoms with van der Waals surface area (Å²) in [6, 6.07) is 12.1. The number of rotatable bonds is 6. The maximum atomic E-state index is 12.9. The van der Waals surface area contributed by atoms with Gasteiger partial charge in [-0.2, -0.15) is 0 Å². The zero-order chi connectivity index (χ0) is 18.7. The molecule has 1 aliphatic heterocycles. The van der Waals surface area contributed by atoms with Crippen molar-refractivity contribution in [3.8, 4) is 0 Å². The number of hydrogen-bond donors (Lipinski definition) is 1. The molecule has 0 amide bonds. The van der Waals surface area contributed by atoms with E-state index in [9.17, 15) is 12.8 Å². The first kappa shape index (κ1) is 18.2. The fraction of sp³-hybridized carbons (Fsp3) is 0.111. The van der Waals surface area contributed by atoms with E-state index < -0.39 is 23.0 Å². The van der Waals surface area contributed by atoms with Crippen LogP contribution < -0.4 is 10.2 Å². The fourth-order valence-electron chi connectivity index (χ4n) is 2.42. The zero-order valence-corrected chi connectivity index (χ0v) is 14.8. The summed E-state index contributed by atoms with van der Waals surface area (Å²) >= 11 is 0. The van der Waals surface area contributed by atoms with Crippen molar-refractivity contribution >= 4 is 22.6 Å². The van der Waals surface area contributed by atoms with Crippen molar-refractivity contribution in [3.63, 3.8) is 0 Å². The minimum Gasteiger partial charge on any atom is -0.520 e. The second-order valence-electron chi connectivity index (χ2n) is 5.76. The van der Waals surface area contributed by atoms with Gasteiger partial charge in [0, 0.05) is 12.0 Å². The minimum atomic E-state index is -3.66. The number of halogens is 1. The van der Waals surface area contributed by atoms with Crippen molar-refractivity contribution in [2.45, 2.75) is 11.3 Å². The van der Waals surface area contributed by atoms with Crippen LogP contribution in [0.2, 0.25) is 0 Å². The lowest BCUT2D eigenvalue weighted by atomic mass is 9.79. The maximum absolute atomic E-state index is 12.9. The molecule has 1 fully saturated rings. The average Bonchev–Trinajstić information content (AvgIpc) is 2.95. The van der Waals surface area contributed by atoms with Gasteiger partial charge in [-0.15, -0.1) is 0 Å². The second kappa shape index (κ2) is 7.35. The largest absolute Gasteiger partial charge is 0.632 e. The van der Waals surface area contributed by atoms with Crippen LogP contribution in [0.3, 0.4) is 0 Å². The van der Waals surface area contributed by atoms with Crippen molar-refractivity contribution in [1.29, 1.82) is 0 Å². The Kier molecular flexibility index (Phi) is 5.15. The Bertz CT molecular complexity index is 911. The Balaban J connectivity index is 1.56. The third-order valence-corrected chi connectivity index (χ3v) is 5.37. The highest BCUT2D eigenvalue weighted by Gasteiger charge is 2.34. The predicted octanol–water partition coefficient (Wildman–Crippen LogP) is 2.12. The van der Waals surface area contributed by atoms with Crippen molar-refractivity contribution in [2.75, 3.05) is 6.54 Å². The van der Waals surface area contributed by atoms with Crippen molar-refractivity contribution in [1.82, 2.24) is 4.72 Å². The molecule has 0 aliphatic carbocycles. The topological polar surface area (TPSA) is 64.6 Å². The SMILES string of the molecule is C=C1OB(c2ccc(CCNS(=O)(=O)c3ccc(F)cc3)cc2)OC1=C. The van der Waals surface area contributed by atoms with Crippen LogP contribution in [0.15, 0.2) is 78.1 Å². The van der Waals surface area contributed by atoms with E-state index in [0.29, 0.717) is 17.9 Å². The van der Waals surface area contributed by atoms with Gasteiger partial charge in [-0.05, 0) is 36.2 Å². The van der Waals surface area contributed by atoms with Gasteiger partial charge in [-0.25, -0.2) is 17.5 Å². The van der Waals surface area contributed by atoms with E-state index in [1.165, 1.54) is 12.1 Å². The summed E-state index contributed by atoms with van der Waals surface area (Å²) in [5, 5.41) is 0. The van der Waals surface area contributed by atoms with Crippen LogP contribution in [-0.2, 0) is 25.8 Å². The van der Waals surface area contributed by atoms with Gasteiger partial charge in [0.2, 0.25) is 10.0 Å². The first-order valence-corrected chi connectivity index (χ1v) is 9.39. The van der Waals surface area contributed by atoms with Gasteiger partial charge in [0.05, 0.1) is 4.90 Å². The lowest BCUT2D eigenvalue weighted by Crippen LogP contribution is -2.31. The number of benzene rings is 2. The Labute approximate surface area is 152 Å². The molecule has 2 aromatic rings. The van der Waals surface area contributed by atoms with Crippen LogP contribution in [-0.4, -0.2) is 22.1 Å². The molecule has 1 heterocycles. The van der Waals surface area contributed by atoms with Gasteiger partial charge in [-0.3, -0.25) is 0 Å². The van der Waals surface area contributed by atoms with E-state index in [1.807, 2.05) is 24.3 Å². The summed E-state index contributed by atoms with van der Waals surface area (Å²) in [6.45, 7) is 7.60. The highest BCUT2D eigenvalue weighted by Crippen LogP contribution is 2.20. The Hall–Kier alpha value is -2.58. The minimum absolute atomic E-state index is 0.0326. The van der Waals surface area contributed by atoms with Crippen molar-refractivity contribution in [3.05, 3.63) is 84.6 Å². The smallest absolute Gasteiger partial charge is 0.520 e. The van der Waals surface area contributed by atoms with Gasteiger partial charge in [0.15, 0.2) is 0 Å². The maximum Gasteiger partial charge on any atom is 0.632 e. The normalized spacial score (nSPS) is 14.3. The lowest BCUT2D eigenvalue weighted by Gasteiger charge is -2.08. The number of sulfonamides is 1. The van der Waals surface area contributed by atoms with Crippen LogP contribution in [0, 0.1) is 5.82 Å². The van der Waals surface area contributed by atoms with E-state index in [2.05, 4.69) is 17.9 Å². The Morgan fingerprint density at radius 3 is 2.12 bits per heavy atom. The Morgan fingerprint density at radius 2 is 1.54 bits per heavy atom. The van der Waals surface area contributed by atoms with Gasteiger partial charge < -0.3 is 9.31 Å². The van der Waals surface area contributed by atoms with Crippen LogP contribution in [0.25, 0.3) is 0 Å². The van der Waals surface area contributed by atoms with Crippen molar-refractivity contribution in [2.24, 2.45) is 0 Å². The third-order valence-electron chi connectivity index (χ3n) is 3.89. The summed E-state index contributed by atoms with van der Waals surface area (Å²) in [4.78, 5) is 0.0326. The summed E-state index contributed by atoms with van der Waals surface area (Å²) in [7, 11) is -4.21. The summed E-state index contributed by atoms with van der Waals surface area (Å²) in [5.74, 6) is 0.343. The predicted molar refractivity (Wildman–Crippen MR) is 97.6 cm³/mol. The van der Waals surface area contributed by atoms with Crippen molar-refractivity contribution < 1.29 is 22.1 Å². The standard InChI is InChI=1S/C18H17BFNO4S/c1-13-14(2)25-19(24-13)16-5-3-15(4-6-16)11-12-21-26(22,23)18-9-7-17(20)8-10-18/h3-10,21H,1-2,11-12H2. The van der Waals surface area contributed by atoms with E-state index in [-0.39, 0.29) is 11.4 Å². The Morgan fingerprint density at radius 1 is 0.962 bits per heavy atom. The van der Waals surface area contributed by atoms with Gasteiger partial charge in [0.25, 0.3) is 0 Å². The molecule has 2 aromatic carbocycles. The molecule has 1 N–H and O–H groups in total. The molecule has 3 rings (SSSR count). The zero-order valence-electron chi connectivity index (χ0n) is 13.9. The van der Waals surface area contributed by atoms with E-state index in [4.69, 9.17) is 9.31 Å². The summed E-state index contributed by atoms with van der Waals surface area (Å²) < 4.78 is 50.6. The molecule has 1 aliphatic rings. The monoisotopic (exact) mass is 373 g/mol. The van der Waals surface area contributed by atoms with Crippen LogP contribution >= 0.6 is 0 Å². The number of hydrogen-bond acceptors (Lipinski definition) is 4. The molecule has 8 heteroatoms. The second-order valence-corrected chi connectivity index (χ2v) is 7.52. The molecule has 0 aromatic heterocycles. The highest BCUT2D eigenvalue weighted by atomic mass is 32.2. The molecule has 0 radical (unpaired) electrons. The summed E-state index contributed by atoms with van der Waals surface area (Å²) in [6.07, 6.45) is 0.506. The van der Waals surface area contributed by atoms with Gasteiger partial charge in [0.1, 0.15) is 17.3 Å². The average molecular weight is 373 g/mol. The molecule has 5 nitrogen and oxygen atoms in total. The molecule has 134 valence electrons. The first-order valence-electron chi connectivity index (χ1n) is 7.91. The molecule has 0 spiro atoms. The fourth-order valence-corrected chi connectivity index (χ4v) is 3.45. The molecule has 1 saturated heterocycles. The molecule has 0 bridgehead atoms. The molecule has 0 unspecified atom stereocenters. The van der Waals surface area contributed by atoms with Crippen LogP contribution in [0.5, 0.6) is 0 Å².